The minimum absolute atomic E-state index is 0.583. The largest absolute Gasteiger partial charge is 0.492 e. The third-order valence-corrected chi connectivity index (χ3v) is 4.77. The summed E-state index contributed by atoms with van der Waals surface area (Å²) in [5, 5.41) is 4.47. The lowest BCUT2D eigenvalue weighted by molar-refractivity contribution is 0.301. The zero-order valence-electron chi connectivity index (χ0n) is 14.1. The third-order valence-electron chi connectivity index (χ3n) is 3.84. The molecule has 0 spiro atoms. The molecule has 0 unspecified atom stereocenters. The van der Waals surface area contributed by atoms with Crippen LogP contribution >= 0.6 is 27.5 Å². The Morgan fingerprint density at radius 2 is 2.12 bits per heavy atom. The van der Waals surface area contributed by atoms with Gasteiger partial charge in [0.25, 0.3) is 0 Å². The zero-order valence-corrected chi connectivity index (χ0v) is 16.4. The van der Waals surface area contributed by atoms with Crippen molar-refractivity contribution in [2.75, 3.05) is 19.8 Å². The van der Waals surface area contributed by atoms with Gasteiger partial charge in [0.1, 0.15) is 18.1 Å². The molecule has 0 amide bonds. The molecule has 3 rings (SSSR count). The Kier molecular flexibility index (Phi) is 6.37. The van der Waals surface area contributed by atoms with Crippen molar-refractivity contribution < 1.29 is 14.0 Å². The highest BCUT2D eigenvalue weighted by Crippen LogP contribution is 2.32. The highest BCUT2D eigenvalue weighted by atomic mass is 79.9. The summed E-state index contributed by atoms with van der Waals surface area (Å²) in [6.07, 6.45) is 3.99. The molecule has 0 atom stereocenters. The number of aromatic nitrogens is 1. The fraction of sp³-hybridized carbons (Fsp3) is 0.444. The number of aryl methyl sites for hydroxylation is 2. The number of unbranched alkanes of at least 4 members (excludes halogenated alkanes) is 2. The van der Waals surface area contributed by atoms with Gasteiger partial charge in [0.15, 0.2) is 0 Å². The minimum atomic E-state index is 0.583. The lowest BCUT2D eigenvalue weighted by Crippen LogP contribution is -2.04. The summed E-state index contributed by atoms with van der Waals surface area (Å²) in [7, 11) is 0. The van der Waals surface area contributed by atoms with Gasteiger partial charge in [0, 0.05) is 18.6 Å². The molecule has 0 bridgehead atoms. The maximum atomic E-state index is 6.34. The second-order valence-electron chi connectivity index (χ2n) is 5.89. The van der Waals surface area contributed by atoms with Crippen molar-refractivity contribution in [2.45, 2.75) is 32.6 Å². The number of aliphatic imine (C=N–C) groups is 1. The van der Waals surface area contributed by atoms with E-state index in [0.717, 1.165) is 52.9 Å². The summed E-state index contributed by atoms with van der Waals surface area (Å²) in [5.74, 6) is 2.28. The van der Waals surface area contributed by atoms with E-state index in [4.69, 9.17) is 25.6 Å². The summed E-state index contributed by atoms with van der Waals surface area (Å²) in [6.45, 7) is 3.85. The molecule has 0 N–H and O–H groups in total. The Bertz CT molecular complexity index is 761. The smallest absolute Gasteiger partial charge is 0.217 e. The number of hydrogen-bond acceptors (Lipinski definition) is 5. The van der Waals surface area contributed by atoms with Gasteiger partial charge in [-0.3, -0.25) is 0 Å². The van der Waals surface area contributed by atoms with E-state index in [-0.39, 0.29) is 0 Å². The molecule has 134 valence electrons. The molecular formula is C18H20BrClN2O3. The normalized spacial score (nSPS) is 13.6. The Morgan fingerprint density at radius 1 is 1.24 bits per heavy atom. The molecule has 2 aromatic rings. The molecule has 7 heteroatoms. The average Bonchev–Trinajstić information content (AvgIpc) is 3.25. The van der Waals surface area contributed by atoms with Gasteiger partial charge in [-0.05, 0) is 48.2 Å². The molecule has 5 nitrogen and oxygen atoms in total. The van der Waals surface area contributed by atoms with Crippen LogP contribution in [0.4, 0.5) is 0 Å². The van der Waals surface area contributed by atoms with Crippen LogP contribution in [-0.2, 0) is 11.2 Å². The predicted molar refractivity (Wildman–Crippen MR) is 101 cm³/mol. The van der Waals surface area contributed by atoms with Gasteiger partial charge in [-0.25, -0.2) is 4.99 Å². The maximum absolute atomic E-state index is 6.34. The number of nitrogens with zero attached hydrogens (tertiary/aromatic N) is 2. The summed E-state index contributed by atoms with van der Waals surface area (Å²) in [5.41, 5.74) is 1.72. The molecule has 1 aliphatic rings. The van der Waals surface area contributed by atoms with Gasteiger partial charge in [-0.1, -0.05) is 16.8 Å². The molecule has 1 aromatic heterocycles. The van der Waals surface area contributed by atoms with Crippen LogP contribution in [0.15, 0.2) is 32.2 Å². The van der Waals surface area contributed by atoms with E-state index in [1.807, 2.05) is 25.1 Å². The first kappa shape index (κ1) is 18.3. The van der Waals surface area contributed by atoms with Crippen LogP contribution in [0.5, 0.6) is 5.75 Å². The van der Waals surface area contributed by atoms with Crippen LogP contribution in [-0.4, -0.2) is 30.8 Å². The van der Waals surface area contributed by atoms with E-state index in [1.165, 1.54) is 0 Å². The molecule has 1 aliphatic heterocycles. The summed E-state index contributed by atoms with van der Waals surface area (Å²) >= 11 is 9.87. The third kappa shape index (κ3) is 4.98. The molecule has 0 fully saturated rings. The number of benzene rings is 1. The van der Waals surface area contributed by atoms with Gasteiger partial charge in [-0.2, -0.15) is 0 Å². The van der Waals surface area contributed by atoms with Crippen LogP contribution < -0.4 is 4.74 Å². The molecular weight excluding hydrogens is 408 g/mol. The van der Waals surface area contributed by atoms with Gasteiger partial charge < -0.3 is 14.0 Å². The fourth-order valence-electron chi connectivity index (χ4n) is 2.60. The Balaban J connectivity index is 1.44. The highest BCUT2D eigenvalue weighted by molar-refractivity contribution is 9.10. The van der Waals surface area contributed by atoms with E-state index >= 15 is 0 Å². The summed E-state index contributed by atoms with van der Waals surface area (Å²) in [4.78, 5) is 4.30. The van der Waals surface area contributed by atoms with Gasteiger partial charge >= 0.3 is 0 Å². The van der Waals surface area contributed by atoms with Crippen molar-refractivity contribution in [3.8, 4) is 5.75 Å². The van der Waals surface area contributed by atoms with Crippen LogP contribution in [0.3, 0.4) is 0 Å². The van der Waals surface area contributed by atoms with Gasteiger partial charge in [0.05, 0.1) is 33.9 Å². The van der Waals surface area contributed by atoms with Crippen LogP contribution in [0.1, 0.15) is 36.3 Å². The topological polar surface area (TPSA) is 56.9 Å². The van der Waals surface area contributed by atoms with Gasteiger partial charge in [-0.15, -0.1) is 0 Å². The van der Waals surface area contributed by atoms with Crippen molar-refractivity contribution in [1.82, 2.24) is 5.16 Å². The molecule has 2 heterocycles. The monoisotopic (exact) mass is 426 g/mol. The lowest BCUT2D eigenvalue weighted by atomic mass is 10.1. The van der Waals surface area contributed by atoms with E-state index in [2.05, 4.69) is 26.1 Å². The lowest BCUT2D eigenvalue weighted by Gasteiger charge is -2.11. The summed E-state index contributed by atoms with van der Waals surface area (Å²) in [6, 6.07) is 5.69. The van der Waals surface area contributed by atoms with E-state index in [1.54, 1.807) is 0 Å². The van der Waals surface area contributed by atoms with Crippen molar-refractivity contribution in [3.63, 3.8) is 0 Å². The Labute approximate surface area is 160 Å². The number of halogens is 2. The second kappa shape index (κ2) is 8.72. The zero-order chi connectivity index (χ0) is 17.6. The first-order valence-corrected chi connectivity index (χ1v) is 9.52. The molecule has 0 saturated heterocycles. The molecule has 0 aliphatic carbocycles. The minimum Gasteiger partial charge on any atom is -0.492 e. The molecule has 0 radical (unpaired) electrons. The first-order chi connectivity index (χ1) is 12.1. The Morgan fingerprint density at radius 3 is 2.84 bits per heavy atom. The van der Waals surface area contributed by atoms with Crippen molar-refractivity contribution >= 4 is 33.4 Å². The average molecular weight is 428 g/mol. The summed E-state index contributed by atoms with van der Waals surface area (Å²) < 4.78 is 17.4. The van der Waals surface area contributed by atoms with Crippen molar-refractivity contribution in [2.24, 2.45) is 4.99 Å². The number of rotatable bonds is 8. The van der Waals surface area contributed by atoms with E-state index in [9.17, 15) is 0 Å². The molecule has 25 heavy (non-hydrogen) atoms. The quantitative estimate of drug-likeness (QED) is 0.558. The SMILES string of the molecule is Cc1cc(CCCCCOc2cc(Cl)c(C3=NCCO3)cc2Br)on1. The number of ether oxygens (including phenoxy) is 2. The highest BCUT2D eigenvalue weighted by Gasteiger charge is 2.17. The predicted octanol–water partition coefficient (Wildman–Crippen LogP) is 4.97. The second-order valence-corrected chi connectivity index (χ2v) is 7.15. The van der Waals surface area contributed by atoms with E-state index < -0.39 is 0 Å². The van der Waals surface area contributed by atoms with Gasteiger partial charge in [0.2, 0.25) is 5.90 Å². The van der Waals surface area contributed by atoms with Crippen molar-refractivity contribution in [1.29, 1.82) is 0 Å². The Hall–Kier alpha value is -1.53. The maximum Gasteiger partial charge on any atom is 0.217 e. The van der Waals surface area contributed by atoms with E-state index in [0.29, 0.717) is 30.7 Å². The first-order valence-electron chi connectivity index (χ1n) is 8.35. The standard InChI is InChI=1S/C18H20BrClN2O3/c1-12-9-13(25-22-12)5-3-2-4-7-23-17-11-16(20)14(10-15(17)19)18-21-6-8-24-18/h9-11H,2-8H2,1H3. The number of hydrogen-bond donors (Lipinski definition) is 0. The van der Waals surface area contributed by atoms with Crippen LogP contribution in [0, 0.1) is 6.92 Å². The molecule has 0 saturated carbocycles. The van der Waals surface area contributed by atoms with Crippen LogP contribution in [0.2, 0.25) is 5.02 Å². The fourth-order valence-corrected chi connectivity index (χ4v) is 3.29. The van der Waals surface area contributed by atoms with Crippen molar-refractivity contribution in [3.05, 3.63) is 44.7 Å². The van der Waals surface area contributed by atoms with Crippen LogP contribution in [0.25, 0.3) is 0 Å². The molecule has 1 aromatic carbocycles.